The molecule has 0 unspecified atom stereocenters. The van der Waals surface area contributed by atoms with Gasteiger partial charge in [-0.05, 0) is 5.56 Å². The number of benzene rings is 1. The van der Waals surface area contributed by atoms with E-state index in [0.29, 0.717) is 12.6 Å². The number of hydrogen-bond acceptors (Lipinski definition) is 3. The van der Waals surface area contributed by atoms with E-state index in [2.05, 4.69) is 48.3 Å². The first-order valence-corrected chi connectivity index (χ1v) is 7.42. The van der Waals surface area contributed by atoms with Crippen molar-refractivity contribution in [3.8, 4) is 0 Å². The van der Waals surface area contributed by atoms with Crippen molar-refractivity contribution in [1.82, 2.24) is 15.1 Å². The van der Waals surface area contributed by atoms with Crippen LogP contribution in [0.15, 0.2) is 30.3 Å². The van der Waals surface area contributed by atoms with Gasteiger partial charge in [-0.3, -0.25) is 9.69 Å². The van der Waals surface area contributed by atoms with Crippen LogP contribution in [0.4, 0.5) is 0 Å². The van der Waals surface area contributed by atoms with Crippen molar-refractivity contribution >= 4 is 5.91 Å². The summed E-state index contributed by atoms with van der Waals surface area (Å²) < 4.78 is 0. The second-order valence-electron chi connectivity index (χ2n) is 5.68. The molecule has 2 rings (SSSR count). The summed E-state index contributed by atoms with van der Waals surface area (Å²) >= 11 is 0. The van der Waals surface area contributed by atoms with Crippen molar-refractivity contribution in [2.24, 2.45) is 0 Å². The highest BCUT2D eigenvalue weighted by Crippen LogP contribution is 2.08. The van der Waals surface area contributed by atoms with Crippen LogP contribution in [0.3, 0.4) is 0 Å². The van der Waals surface area contributed by atoms with E-state index in [1.165, 1.54) is 5.56 Å². The highest BCUT2D eigenvalue weighted by atomic mass is 16.2. The van der Waals surface area contributed by atoms with E-state index in [1.807, 2.05) is 11.0 Å². The van der Waals surface area contributed by atoms with E-state index in [-0.39, 0.29) is 5.91 Å². The van der Waals surface area contributed by atoms with Crippen molar-refractivity contribution in [1.29, 1.82) is 0 Å². The maximum atomic E-state index is 12.0. The van der Waals surface area contributed by atoms with Crippen molar-refractivity contribution in [2.75, 3.05) is 32.7 Å². The molecule has 1 fully saturated rings. The molecule has 0 atom stereocenters. The number of piperazine rings is 1. The Morgan fingerprint density at radius 3 is 2.40 bits per heavy atom. The molecule has 20 heavy (non-hydrogen) atoms. The Labute approximate surface area is 121 Å². The van der Waals surface area contributed by atoms with Gasteiger partial charge in [-0.1, -0.05) is 44.2 Å². The lowest BCUT2D eigenvalue weighted by molar-refractivity contribution is -0.132. The van der Waals surface area contributed by atoms with E-state index in [9.17, 15) is 4.79 Å². The number of carbonyl (C=O) groups excluding carboxylic acids is 1. The molecule has 1 heterocycles. The van der Waals surface area contributed by atoms with Gasteiger partial charge in [-0.15, -0.1) is 0 Å². The van der Waals surface area contributed by atoms with E-state index < -0.39 is 0 Å². The first-order chi connectivity index (χ1) is 9.65. The van der Waals surface area contributed by atoms with Crippen LogP contribution < -0.4 is 5.32 Å². The Hall–Kier alpha value is -1.39. The minimum atomic E-state index is 0.220. The second-order valence-corrected chi connectivity index (χ2v) is 5.68. The van der Waals surface area contributed by atoms with Crippen LogP contribution in [-0.2, 0) is 11.3 Å². The molecule has 0 aliphatic carbocycles. The summed E-state index contributed by atoms with van der Waals surface area (Å²) in [6, 6.07) is 10.9. The van der Waals surface area contributed by atoms with Gasteiger partial charge in [-0.25, -0.2) is 0 Å². The third-order valence-corrected chi connectivity index (χ3v) is 3.64. The van der Waals surface area contributed by atoms with Gasteiger partial charge in [0.05, 0.1) is 6.54 Å². The third kappa shape index (κ3) is 4.62. The van der Waals surface area contributed by atoms with Crippen LogP contribution >= 0.6 is 0 Å². The molecule has 0 radical (unpaired) electrons. The zero-order valence-corrected chi connectivity index (χ0v) is 12.5. The van der Waals surface area contributed by atoms with Crippen molar-refractivity contribution in [2.45, 2.75) is 26.4 Å². The molecule has 1 aliphatic rings. The summed E-state index contributed by atoms with van der Waals surface area (Å²) in [6.07, 6.45) is 0. The van der Waals surface area contributed by atoms with Crippen molar-refractivity contribution < 1.29 is 4.79 Å². The fourth-order valence-electron chi connectivity index (χ4n) is 2.40. The highest BCUT2D eigenvalue weighted by molar-refractivity contribution is 5.78. The van der Waals surface area contributed by atoms with Gasteiger partial charge < -0.3 is 10.2 Å². The lowest BCUT2D eigenvalue weighted by Crippen LogP contribution is -2.50. The third-order valence-electron chi connectivity index (χ3n) is 3.64. The average molecular weight is 275 g/mol. The number of nitrogens with zero attached hydrogens (tertiary/aromatic N) is 2. The molecule has 1 saturated heterocycles. The number of rotatable bonds is 5. The van der Waals surface area contributed by atoms with Crippen LogP contribution in [0, 0.1) is 0 Å². The molecule has 0 saturated carbocycles. The van der Waals surface area contributed by atoms with Crippen LogP contribution in [0.2, 0.25) is 0 Å². The SMILES string of the molecule is CC(C)NCC(=O)N1CCN(Cc2ccccc2)CC1. The summed E-state index contributed by atoms with van der Waals surface area (Å²) in [7, 11) is 0. The molecule has 4 heteroatoms. The molecular formula is C16H25N3O. The molecule has 0 bridgehead atoms. The quantitative estimate of drug-likeness (QED) is 0.880. The van der Waals surface area contributed by atoms with E-state index in [0.717, 1.165) is 32.7 Å². The topological polar surface area (TPSA) is 35.6 Å². The molecule has 1 aromatic carbocycles. The van der Waals surface area contributed by atoms with Crippen molar-refractivity contribution in [3.63, 3.8) is 0 Å². The number of amides is 1. The fraction of sp³-hybridized carbons (Fsp3) is 0.562. The van der Waals surface area contributed by atoms with Gasteiger partial charge >= 0.3 is 0 Å². The molecule has 1 N–H and O–H groups in total. The molecule has 0 spiro atoms. The molecule has 1 aromatic rings. The molecule has 4 nitrogen and oxygen atoms in total. The van der Waals surface area contributed by atoms with Gasteiger partial charge in [0.1, 0.15) is 0 Å². The Morgan fingerprint density at radius 1 is 1.15 bits per heavy atom. The van der Waals surface area contributed by atoms with Gasteiger partial charge in [0, 0.05) is 38.8 Å². The first kappa shape index (κ1) is 15.0. The monoisotopic (exact) mass is 275 g/mol. The van der Waals surface area contributed by atoms with Crippen LogP contribution in [-0.4, -0.2) is 54.5 Å². The fourth-order valence-corrected chi connectivity index (χ4v) is 2.40. The van der Waals surface area contributed by atoms with Crippen LogP contribution in [0.1, 0.15) is 19.4 Å². The van der Waals surface area contributed by atoms with E-state index >= 15 is 0 Å². The Balaban J connectivity index is 1.73. The molecule has 1 aliphatic heterocycles. The summed E-state index contributed by atoms with van der Waals surface area (Å²) in [4.78, 5) is 16.4. The van der Waals surface area contributed by atoms with Gasteiger partial charge in [0.15, 0.2) is 0 Å². The number of carbonyl (C=O) groups is 1. The lowest BCUT2D eigenvalue weighted by Gasteiger charge is -2.35. The zero-order valence-electron chi connectivity index (χ0n) is 12.5. The van der Waals surface area contributed by atoms with Gasteiger partial charge in [-0.2, -0.15) is 0 Å². The molecular weight excluding hydrogens is 250 g/mol. The maximum absolute atomic E-state index is 12.0. The number of nitrogens with one attached hydrogen (secondary N) is 1. The van der Waals surface area contributed by atoms with Crippen molar-refractivity contribution in [3.05, 3.63) is 35.9 Å². The van der Waals surface area contributed by atoms with Gasteiger partial charge in [0.2, 0.25) is 5.91 Å². The molecule has 110 valence electrons. The Bertz CT molecular complexity index is 411. The largest absolute Gasteiger partial charge is 0.339 e. The second kappa shape index (κ2) is 7.41. The lowest BCUT2D eigenvalue weighted by atomic mass is 10.2. The smallest absolute Gasteiger partial charge is 0.236 e. The Kier molecular flexibility index (Phi) is 5.56. The van der Waals surface area contributed by atoms with Gasteiger partial charge in [0.25, 0.3) is 0 Å². The van der Waals surface area contributed by atoms with E-state index in [4.69, 9.17) is 0 Å². The normalized spacial score (nSPS) is 16.6. The molecule has 0 aromatic heterocycles. The number of hydrogen-bond donors (Lipinski definition) is 1. The summed E-state index contributed by atoms with van der Waals surface area (Å²) in [5.41, 5.74) is 1.34. The van der Waals surface area contributed by atoms with E-state index in [1.54, 1.807) is 0 Å². The summed E-state index contributed by atoms with van der Waals surface area (Å²) in [5.74, 6) is 0.220. The average Bonchev–Trinajstić information content (AvgIpc) is 2.46. The highest BCUT2D eigenvalue weighted by Gasteiger charge is 2.20. The standard InChI is InChI=1S/C16H25N3O/c1-14(2)17-12-16(20)19-10-8-18(9-11-19)13-15-6-4-3-5-7-15/h3-7,14,17H,8-13H2,1-2H3. The predicted octanol–water partition coefficient (Wildman–Crippen LogP) is 1.33. The predicted molar refractivity (Wildman–Crippen MR) is 81.4 cm³/mol. The summed E-state index contributed by atoms with van der Waals surface area (Å²) in [6.45, 7) is 9.15. The zero-order chi connectivity index (χ0) is 14.4. The Morgan fingerprint density at radius 2 is 1.80 bits per heavy atom. The summed E-state index contributed by atoms with van der Waals surface area (Å²) in [5, 5.41) is 3.19. The van der Waals surface area contributed by atoms with Crippen LogP contribution in [0.25, 0.3) is 0 Å². The maximum Gasteiger partial charge on any atom is 0.236 e. The minimum Gasteiger partial charge on any atom is -0.339 e. The molecule has 1 amide bonds. The van der Waals surface area contributed by atoms with Crippen LogP contribution in [0.5, 0.6) is 0 Å². The first-order valence-electron chi connectivity index (χ1n) is 7.42. The minimum absolute atomic E-state index is 0.220.